The Hall–Kier alpha value is -1.38. The minimum absolute atomic E-state index is 0.158. The summed E-state index contributed by atoms with van der Waals surface area (Å²) < 4.78 is 5.29. The van der Waals surface area contributed by atoms with Crippen LogP contribution in [0, 0.1) is 11.8 Å². The van der Waals surface area contributed by atoms with Crippen LogP contribution < -0.4 is 4.74 Å². The van der Waals surface area contributed by atoms with Gasteiger partial charge in [-0.05, 0) is 43.2 Å². The SMILES string of the molecule is CCCCC(=O)Oc1ccc(CCC2CCC(CC)CC2)nc1. The zero-order valence-corrected chi connectivity index (χ0v) is 14.7. The van der Waals surface area contributed by atoms with Crippen LogP contribution in [0.5, 0.6) is 5.75 Å². The third-order valence-corrected chi connectivity index (χ3v) is 5.12. The first kappa shape index (κ1) is 18.0. The molecule has 0 N–H and O–H groups in total. The quantitative estimate of drug-likeness (QED) is 0.609. The highest BCUT2D eigenvalue weighted by atomic mass is 16.5. The van der Waals surface area contributed by atoms with Crippen molar-refractivity contribution in [1.29, 1.82) is 0 Å². The maximum Gasteiger partial charge on any atom is 0.311 e. The van der Waals surface area contributed by atoms with Crippen LogP contribution in [0.25, 0.3) is 0 Å². The average molecular weight is 317 g/mol. The van der Waals surface area contributed by atoms with Crippen LogP contribution in [0.4, 0.5) is 0 Å². The van der Waals surface area contributed by atoms with Gasteiger partial charge in [0.2, 0.25) is 0 Å². The van der Waals surface area contributed by atoms with Crippen LogP contribution in [0.2, 0.25) is 0 Å². The molecule has 0 atom stereocenters. The van der Waals surface area contributed by atoms with Crippen LogP contribution in [0.1, 0.15) is 77.3 Å². The molecular weight excluding hydrogens is 286 g/mol. The lowest BCUT2D eigenvalue weighted by atomic mass is 9.79. The summed E-state index contributed by atoms with van der Waals surface area (Å²) in [5.41, 5.74) is 1.11. The zero-order chi connectivity index (χ0) is 16.5. The molecular formula is C20H31NO2. The summed E-state index contributed by atoms with van der Waals surface area (Å²) in [5, 5.41) is 0. The van der Waals surface area contributed by atoms with E-state index in [0.717, 1.165) is 36.8 Å². The van der Waals surface area contributed by atoms with Crippen molar-refractivity contribution in [2.75, 3.05) is 0 Å². The summed E-state index contributed by atoms with van der Waals surface area (Å²) in [4.78, 5) is 16.0. The molecule has 1 aromatic heterocycles. The summed E-state index contributed by atoms with van der Waals surface area (Å²) in [5.74, 6) is 2.24. The number of hydrogen-bond acceptors (Lipinski definition) is 3. The third-order valence-electron chi connectivity index (χ3n) is 5.12. The summed E-state index contributed by atoms with van der Waals surface area (Å²) >= 11 is 0. The fourth-order valence-electron chi connectivity index (χ4n) is 3.40. The van der Waals surface area contributed by atoms with Gasteiger partial charge in [-0.3, -0.25) is 9.78 Å². The highest BCUT2D eigenvalue weighted by molar-refractivity contribution is 5.72. The van der Waals surface area contributed by atoms with Crippen LogP contribution in [0.3, 0.4) is 0 Å². The van der Waals surface area contributed by atoms with Gasteiger partial charge in [-0.15, -0.1) is 0 Å². The Morgan fingerprint density at radius 1 is 1.17 bits per heavy atom. The first-order chi connectivity index (χ1) is 11.2. The molecule has 3 nitrogen and oxygen atoms in total. The topological polar surface area (TPSA) is 39.2 Å². The van der Waals surface area contributed by atoms with E-state index in [2.05, 4.69) is 18.8 Å². The van der Waals surface area contributed by atoms with E-state index in [9.17, 15) is 4.79 Å². The molecule has 0 bridgehead atoms. The van der Waals surface area contributed by atoms with Gasteiger partial charge in [0.25, 0.3) is 0 Å². The van der Waals surface area contributed by atoms with Gasteiger partial charge in [-0.1, -0.05) is 52.4 Å². The Bertz CT molecular complexity index is 461. The van der Waals surface area contributed by atoms with Crippen LogP contribution in [-0.2, 0) is 11.2 Å². The lowest BCUT2D eigenvalue weighted by Gasteiger charge is -2.27. The Morgan fingerprint density at radius 2 is 1.91 bits per heavy atom. The van der Waals surface area contributed by atoms with Gasteiger partial charge in [0.15, 0.2) is 0 Å². The summed E-state index contributed by atoms with van der Waals surface area (Å²) in [6, 6.07) is 3.88. The largest absolute Gasteiger partial charge is 0.425 e. The van der Waals surface area contributed by atoms with Crippen molar-refractivity contribution in [3.8, 4) is 5.75 Å². The molecule has 0 saturated heterocycles. The molecule has 128 valence electrons. The maximum atomic E-state index is 11.6. The smallest absolute Gasteiger partial charge is 0.311 e. The second kappa shape index (κ2) is 9.69. The van der Waals surface area contributed by atoms with Crippen molar-refractivity contribution in [2.24, 2.45) is 11.8 Å². The van der Waals surface area contributed by atoms with Gasteiger partial charge in [-0.25, -0.2) is 0 Å². The summed E-state index contributed by atoms with van der Waals surface area (Å²) in [7, 11) is 0. The van der Waals surface area contributed by atoms with E-state index in [1.165, 1.54) is 38.5 Å². The molecule has 1 fully saturated rings. The van der Waals surface area contributed by atoms with Crippen molar-refractivity contribution in [2.45, 2.75) is 78.1 Å². The van der Waals surface area contributed by atoms with Crippen LogP contribution in [-0.4, -0.2) is 11.0 Å². The molecule has 1 saturated carbocycles. The molecule has 0 spiro atoms. The number of esters is 1. The maximum absolute atomic E-state index is 11.6. The molecule has 0 unspecified atom stereocenters. The van der Waals surface area contributed by atoms with E-state index in [4.69, 9.17) is 4.74 Å². The van der Waals surface area contributed by atoms with E-state index in [0.29, 0.717) is 12.2 Å². The molecule has 1 heterocycles. The predicted molar refractivity (Wildman–Crippen MR) is 93.5 cm³/mol. The molecule has 0 radical (unpaired) electrons. The van der Waals surface area contributed by atoms with Crippen LogP contribution >= 0.6 is 0 Å². The Labute approximate surface area is 140 Å². The van der Waals surface area contributed by atoms with Gasteiger partial charge < -0.3 is 4.74 Å². The van der Waals surface area contributed by atoms with E-state index in [1.807, 2.05) is 12.1 Å². The molecule has 0 aliphatic heterocycles. The number of nitrogens with zero attached hydrogens (tertiary/aromatic N) is 1. The first-order valence-electron chi connectivity index (χ1n) is 9.36. The fraction of sp³-hybridized carbons (Fsp3) is 0.700. The number of carbonyl (C=O) groups is 1. The lowest BCUT2D eigenvalue weighted by molar-refractivity contribution is -0.134. The first-order valence-corrected chi connectivity index (χ1v) is 9.36. The molecule has 2 rings (SSSR count). The van der Waals surface area contributed by atoms with Crippen molar-refractivity contribution < 1.29 is 9.53 Å². The molecule has 0 amide bonds. The lowest BCUT2D eigenvalue weighted by Crippen LogP contribution is -2.14. The van der Waals surface area contributed by atoms with Crippen molar-refractivity contribution in [3.63, 3.8) is 0 Å². The van der Waals surface area contributed by atoms with Gasteiger partial charge >= 0.3 is 5.97 Å². The summed E-state index contributed by atoms with van der Waals surface area (Å²) in [6.45, 7) is 4.38. The van der Waals surface area contributed by atoms with E-state index in [1.54, 1.807) is 6.20 Å². The molecule has 23 heavy (non-hydrogen) atoms. The molecule has 1 aliphatic rings. The number of aromatic nitrogens is 1. The zero-order valence-electron chi connectivity index (χ0n) is 14.7. The normalized spacial score (nSPS) is 21.1. The molecule has 0 aromatic carbocycles. The second-order valence-electron chi connectivity index (χ2n) is 6.90. The minimum atomic E-state index is -0.158. The predicted octanol–water partition coefficient (Wildman–Crippen LogP) is 5.33. The molecule has 1 aromatic rings. The summed E-state index contributed by atoms with van der Waals surface area (Å²) in [6.07, 6.45) is 13.2. The van der Waals surface area contributed by atoms with Crippen LogP contribution in [0.15, 0.2) is 18.3 Å². The van der Waals surface area contributed by atoms with E-state index < -0.39 is 0 Å². The van der Waals surface area contributed by atoms with Gasteiger partial charge in [-0.2, -0.15) is 0 Å². The van der Waals surface area contributed by atoms with Gasteiger partial charge in [0.05, 0.1) is 6.20 Å². The number of rotatable bonds is 8. The Kier molecular flexibility index (Phi) is 7.57. The highest BCUT2D eigenvalue weighted by Gasteiger charge is 2.19. The Morgan fingerprint density at radius 3 is 2.52 bits per heavy atom. The number of ether oxygens (including phenoxy) is 1. The van der Waals surface area contributed by atoms with E-state index in [-0.39, 0.29) is 5.97 Å². The van der Waals surface area contributed by atoms with Gasteiger partial charge in [0, 0.05) is 12.1 Å². The third kappa shape index (κ3) is 6.32. The minimum Gasteiger partial charge on any atom is -0.425 e. The second-order valence-corrected chi connectivity index (χ2v) is 6.90. The number of aryl methyl sites for hydroxylation is 1. The van der Waals surface area contributed by atoms with Crippen molar-refractivity contribution in [1.82, 2.24) is 4.98 Å². The van der Waals surface area contributed by atoms with Crippen molar-refractivity contribution in [3.05, 3.63) is 24.0 Å². The van der Waals surface area contributed by atoms with E-state index >= 15 is 0 Å². The monoisotopic (exact) mass is 317 g/mol. The fourth-order valence-corrected chi connectivity index (χ4v) is 3.40. The molecule has 1 aliphatic carbocycles. The average Bonchev–Trinajstić information content (AvgIpc) is 2.60. The standard InChI is InChI=1S/C20H31NO2/c1-3-5-6-20(22)23-19-14-13-18(21-15-19)12-11-17-9-7-16(4-2)8-10-17/h13-17H,3-12H2,1-2H3. The van der Waals surface area contributed by atoms with Crippen molar-refractivity contribution >= 4 is 5.97 Å². The number of carbonyl (C=O) groups excluding carboxylic acids is 1. The Balaban J connectivity index is 1.71. The number of unbranched alkanes of at least 4 members (excludes halogenated alkanes) is 1. The number of hydrogen-bond donors (Lipinski definition) is 0. The highest BCUT2D eigenvalue weighted by Crippen LogP contribution is 2.32. The number of pyridine rings is 1. The van der Waals surface area contributed by atoms with Gasteiger partial charge in [0.1, 0.15) is 5.75 Å². The molecule has 3 heteroatoms.